The van der Waals surface area contributed by atoms with Crippen molar-refractivity contribution in [1.82, 2.24) is 4.98 Å². The van der Waals surface area contributed by atoms with E-state index in [4.69, 9.17) is 26.6 Å². The Labute approximate surface area is 356 Å². The molecule has 0 atom stereocenters. The molecule has 4 saturated carbocycles. The third kappa shape index (κ3) is 11.8. The molecule has 1 heterocycles. The Morgan fingerprint density at radius 3 is 1.00 bits per heavy atom. The SMILES string of the molecule is Cc1cc(C2CCCCC2)c(N=Cc2cc(Cl)cc(C=Nc3c(C4CCCCC4)cc(C)cc3C3CCCCC3)n2)c(C2CCCCC2)c1.[Cl-].[Cl-].[Cl-].[V+3]. The Balaban J connectivity index is 0.00000189. The second-order valence-electron chi connectivity index (χ2n) is 16.1. The zero-order valence-corrected chi connectivity index (χ0v) is 36.3. The minimum absolute atomic E-state index is 0. The maximum Gasteiger partial charge on any atom is 3.00 e. The van der Waals surface area contributed by atoms with E-state index in [1.54, 1.807) is 0 Å². The summed E-state index contributed by atoms with van der Waals surface area (Å²) in [7, 11) is 0. The van der Waals surface area contributed by atoms with Crippen molar-refractivity contribution in [2.24, 2.45) is 9.98 Å². The van der Waals surface area contributed by atoms with Crippen molar-refractivity contribution in [3.63, 3.8) is 0 Å². The van der Waals surface area contributed by atoms with E-state index in [1.807, 2.05) is 24.6 Å². The van der Waals surface area contributed by atoms with Gasteiger partial charge in [-0.3, -0.25) is 9.98 Å². The number of aromatic nitrogens is 1. The van der Waals surface area contributed by atoms with Crippen LogP contribution >= 0.6 is 11.6 Å². The van der Waals surface area contributed by atoms with E-state index in [1.165, 1.54) is 173 Å². The molecule has 53 heavy (non-hydrogen) atoms. The van der Waals surface area contributed by atoms with Gasteiger partial charge in [0.25, 0.3) is 0 Å². The zero-order valence-electron chi connectivity index (χ0n) is 31.9. The summed E-state index contributed by atoms with van der Waals surface area (Å²) < 4.78 is 0. The van der Waals surface area contributed by atoms with Gasteiger partial charge in [-0.1, -0.05) is 124 Å². The molecule has 0 bridgehead atoms. The Bertz CT molecular complexity index is 1450. The molecule has 0 saturated heterocycles. The van der Waals surface area contributed by atoms with E-state index in [2.05, 4.69) is 38.1 Å². The monoisotopic (exact) mass is 831 g/mol. The second-order valence-corrected chi connectivity index (χ2v) is 16.5. The van der Waals surface area contributed by atoms with Crippen LogP contribution in [-0.2, 0) is 18.6 Å². The van der Waals surface area contributed by atoms with Gasteiger partial charge in [-0.15, -0.1) is 0 Å². The van der Waals surface area contributed by atoms with Crippen molar-refractivity contribution < 1.29 is 55.8 Å². The summed E-state index contributed by atoms with van der Waals surface area (Å²) in [5.74, 6) is 2.41. The molecule has 3 nitrogen and oxygen atoms in total. The molecule has 4 fully saturated rings. The molecule has 2 aromatic carbocycles. The summed E-state index contributed by atoms with van der Waals surface area (Å²) >= 11 is 6.80. The van der Waals surface area contributed by atoms with E-state index < -0.39 is 0 Å². The molecule has 7 rings (SSSR count). The largest absolute Gasteiger partial charge is 3.00 e. The fourth-order valence-electron chi connectivity index (χ4n) is 9.80. The number of hydrogen-bond donors (Lipinski definition) is 0. The van der Waals surface area contributed by atoms with Gasteiger partial charge in [0, 0.05) is 5.02 Å². The summed E-state index contributed by atoms with van der Waals surface area (Å²) in [5, 5.41) is 0.686. The molecular weight excluding hydrogens is 775 g/mol. The predicted molar refractivity (Wildman–Crippen MR) is 209 cm³/mol. The van der Waals surface area contributed by atoms with Gasteiger partial charge >= 0.3 is 18.6 Å². The Kier molecular flexibility index (Phi) is 19.5. The Morgan fingerprint density at radius 1 is 0.472 bits per heavy atom. The van der Waals surface area contributed by atoms with Crippen LogP contribution < -0.4 is 37.2 Å². The molecule has 3 aromatic rings. The topological polar surface area (TPSA) is 37.6 Å². The number of halogens is 4. The molecule has 4 aliphatic rings. The van der Waals surface area contributed by atoms with Gasteiger partial charge in [-0.2, -0.15) is 0 Å². The van der Waals surface area contributed by atoms with Crippen LogP contribution in [0, 0.1) is 13.8 Å². The number of benzene rings is 2. The predicted octanol–water partition coefficient (Wildman–Crippen LogP) is 5.05. The second kappa shape index (κ2) is 22.4. The number of aliphatic imine (C=N–C) groups is 2. The molecule has 0 radical (unpaired) electrons. The molecule has 4 aliphatic carbocycles. The van der Waals surface area contributed by atoms with Gasteiger partial charge in [-0.25, -0.2) is 4.98 Å². The van der Waals surface area contributed by atoms with Gasteiger partial charge in [0.1, 0.15) is 0 Å². The summed E-state index contributed by atoms with van der Waals surface area (Å²) in [5.41, 5.74) is 12.7. The molecule has 286 valence electrons. The molecule has 1 aromatic heterocycles. The van der Waals surface area contributed by atoms with Crippen LogP contribution in [0.25, 0.3) is 0 Å². The first-order valence-electron chi connectivity index (χ1n) is 20.1. The maximum atomic E-state index is 6.80. The number of pyridine rings is 1. The fraction of sp³-hybridized carbons (Fsp3) is 0.578. The normalized spacial score (nSPS) is 19.3. The summed E-state index contributed by atoms with van der Waals surface area (Å²) in [6.07, 6.45) is 30.2. The van der Waals surface area contributed by atoms with Crippen LogP contribution in [0.2, 0.25) is 5.02 Å². The number of aryl methyl sites for hydroxylation is 2. The molecular formula is C45H58Cl4N3V. The first kappa shape index (κ1) is 46.1. The minimum Gasteiger partial charge on any atom is -1.00 e. The minimum atomic E-state index is 0. The van der Waals surface area contributed by atoms with Gasteiger partial charge in [0.2, 0.25) is 0 Å². The van der Waals surface area contributed by atoms with Crippen LogP contribution in [0.5, 0.6) is 0 Å². The van der Waals surface area contributed by atoms with Crippen molar-refractivity contribution in [3.8, 4) is 0 Å². The van der Waals surface area contributed by atoms with Gasteiger partial charge < -0.3 is 37.2 Å². The molecule has 0 spiro atoms. The van der Waals surface area contributed by atoms with Crippen LogP contribution in [0.1, 0.15) is 197 Å². The molecule has 0 aliphatic heterocycles. The van der Waals surface area contributed by atoms with E-state index in [0.717, 1.165) is 11.4 Å². The first-order valence-corrected chi connectivity index (χ1v) is 20.4. The van der Waals surface area contributed by atoms with Crippen molar-refractivity contribution >= 4 is 35.4 Å². The van der Waals surface area contributed by atoms with E-state index in [0.29, 0.717) is 28.7 Å². The van der Waals surface area contributed by atoms with Crippen molar-refractivity contribution in [2.75, 3.05) is 0 Å². The molecule has 0 amide bonds. The molecule has 0 unspecified atom stereocenters. The molecule has 8 heteroatoms. The fourth-order valence-corrected chi connectivity index (χ4v) is 10.0. The standard InChI is InChI=1S/C45H58ClN3.3ClH.V/c1-31-23-40(33-15-7-3-8-16-33)44(41(24-31)34-17-9-4-10-18-34)47-29-38-27-37(46)28-39(49-38)30-48-45-42(35-19-11-5-12-20-35)25-32(2)26-43(45)36-21-13-6-14-22-36;;;;/h23-30,33-36H,3-22H2,1-2H3;3*1H;/q;;;;+3/p-3. The zero-order chi connectivity index (χ0) is 33.6. The van der Waals surface area contributed by atoms with E-state index in [-0.39, 0.29) is 55.8 Å². The third-order valence-corrected chi connectivity index (χ3v) is 12.5. The average molecular weight is 834 g/mol. The van der Waals surface area contributed by atoms with E-state index >= 15 is 0 Å². The third-order valence-electron chi connectivity index (χ3n) is 12.3. The van der Waals surface area contributed by atoms with E-state index in [9.17, 15) is 0 Å². The maximum absolute atomic E-state index is 6.80. The number of rotatable bonds is 8. The number of hydrogen-bond acceptors (Lipinski definition) is 3. The van der Waals surface area contributed by atoms with Crippen molar-refractivity contribution in [3.05, 3.63) is 86.2 Å². The molecule has 0 N–H and O–H groups in total. The van der Waals surface area contributed by atoms with Crippen LogP contribution in [0.3, 0.4) is 0 Å². The van der Waals surface area contributed by atoms with Crippen molar-refractivity contribution in [1.29, 1.82) is 0 Å². The van der Waals surface area contributed by atoms with Crippen LogP contribution in [0.4, 0.5) is 11.4 Å². The van der Waals surface area contributed by atoms with Crippen molar-refractivity contribution in [2.45, 2.75) is 166 Å². The first-order chi connectivity index (χ1) is 24.0. The summed E-state index contributed by atoms with van der Waals surface area (Å²) in [6, 6.07) is 13.7. The summed E-state index contributed by atoms with van der Waals surface area (Å²) in [4.78, 5) is 15.8. The van der Waals surface area contributed by atoms with Gasteiger partial charge in [0.05, 0.1) is 35.2 Å². The van der Waals surface area contributed by atoms with Gasteiger partial charge in [0.15, 0.2) is 0 Å². The summed E-state index contributed by atoms with van der Waals surface area (Å²) in [6.45, 7) is 4.56. The van der Waals surface area contributed by atoms with Crippen LogP contribution in [-0.4, -0.2) is 17.4 Å². The smallest absolute Gasteiger partial charge is 1.00 e. The Morgan fingerprint density at radius 2 is 0.736 bits per heavy atom. The average Bonchev–Trinajstić information content (AvgIpc) is 3.14. The number of nitrogens with zero attached hydrogens (tertiary/aromatic N) is 3. The van der Waals surface area contributed by atoms with Crippen LogP contribution in [0.15, 0.2) is 46.4 Å². The Hall–Kier alpha value is -1.33. The quantitative estimate of drug-likeness (QED) is 0.293. The van der Waals surface area contributed by atoms with Gasteiger partial charge in [-0.05, 0) is 123 Å².